The van der Waals surface area contributed by atoms with E-state index in [1.165, 1.54) is 11.8 Å². The molecule has 1 N–H and O–H groups in total. The van der Waals surface area contributed by atoms with Gasteiger partial charge in [0.05, 0.1) is 5.69 Å². The minimum absolute atomic E-state index is 0.0527. The third-order valence-corrected chi connectivity index (χ3v) is 4.82. The van der Waals surface area contributed by atoms with Crippen molar-refractivity contribution in [3.63, 3.8) is 0 Å². The van der Waals surface area contributed by atoms with E-state index >= 15 is 0 Å². The quantitative estimate of drug-likeness (QED) is 0.547. The van der Waals surface area contributed by atoms with Gasteiger partial charge in [-0.2, -0.15) is 0 Å². The number of carbonyl (C=O) groups excluding carboxylic acids is 1. The first-order chi connectivity index (χ1) is 11.7. The number of fused-ring (bicyclic) bond motifs is 1. The summed E-state index contributed by atoms with van der Waals surface area (Å²) in [5.74, 6) is 1.80. The number of hydrogen-bond acceptors (Lipinski definition) is 5. The number of anilines is 1. The average Bonchev–Trinajstić information content (AvgIpc) is 2.60. The summed E-state index contributed by atoms with van der Waals surface area (Å²) in [5.41, 5.74) is 0.697. The molecule has 0 spiro atoms. The van der Waals surface area contributed by atoms with E-state index in [4.69, 9.17) is 14.2 Å². The average molecular weight is 457 g/mol. The molecule has 0 radical (unpaired) electrons. The summed E-state index contributed by atoms with van der Waals surface area (Å²) in [4.78, 5) is 13.1. The monoisotopic (exact) mass is 457 g/mol. The first kappa shape index (κ1) is 17.2. The van der Waals surface area contributed by atoms with Gasteiger partial charge >= 0.3 is 0 Å². The van der Waals surface area contributed by atoms with E-state index in [-0.39, 0.29) is 12.5 Å². The summed E-state index contributed by atoms with van der Waals surface area (Å²) in [6.45, 7) is 0.994. The summed E-state index contributed by atoms with van der Waals surface area (Å²) in [6.07, 6.45) is 1.95. The number of carbonyl (C=O) groups is 1. The lowest BCUT2D eigenvalue weighted by atomic mass is 10.2. The highest BCUT2D eigenvalue weighted by Crippen LogP contribution is 2.39. The van der Waals surface area contributed by atoms with Crippen LogP contribution >= 0.6 is 34.4 Å². The molecule has 0 saturated carbocycles. The first-order valence-electron chi connectivity index (χ1n) is 7.31. The Balaban J connectivity index is 1.66. The van der Waals surface area contributed by atoms with Crippen molar-refractivity contribution < 1.29 is 19.0 Å². The molecule has 0 fully saturated rings. The lowest BCUT2D eigenvalue weighted by molar-refractivity contribution is -0.118. The van der Waals surface area contributed by atoms with E-state index in [1.54, 1.807) is 6.07 Å². The van der Waals surface area contributed by atoms with Crippen LogP contribution in [0.5, 0.6) is 17.2 Å². The fraction of sp³-hybridized carbons (Fsp3) is 0.235. The molecule has 1 aliphatic rings. The van der Waals surface area contributed by atoms with Crippen molar-refractivity contribution >= 4 is 45.9 Å². The van der Waals surface area contributed by atoms with Crippen LogP contribution in [0, 0.1) is 3.57 Å². The fourth-order valence-corrected chi connectivity index (χ4v) is 3.12. The SMILES string of the molecule is CSc1cc2c(cc1NC(=O)COc1ccc(I)cc1)OCCO2. The largest absolute Gasteiger partial charge is 0.486 e. The fourth-order valence-electron chi connectivity index (χ4n) is 2.20. The standard InChI is InChI=1S/C17H16INO4S/c1-24-16-9-15-14(21-6-7-22-15)8-13(16)19-17(20)10-23-12-4-2-11(18)3-5-12/h2-5,8-9H,6-7,10H2,1H3,(H,19,20). The van der Waals surface area contributed by atoms with Crippen molar-refractivity contribution in [1.29, 1.82) is 0 Å². The van der Waals surface area contributed by atoms with E-state index in [0.717, 1.165) is 8.47 Å². The number of halogens is 1. The van der Waals surface area contributed by atoms with E-state index in [0.29, 0.717) is 36.1 Å². The molecule has 0 aliphatic carbocycles. The topological polar surface area (TPSA) is 56.8 Å². The second-order valence-electron chi connectivity index (χ2n) is 4.99. The first-order valence-corrected chi connectivity index (χ1v) is 9.62. The minimum Gasteiger partial charge on any atom is -0.486 e. The summed E-state index contributed by atoms with van der Waals surface area (Å²) < 4.78 is 17.8. The number of benzene rings is 2. The molecule has 0 atom stereocenters. The maximum Gasteiger partial charge on any atom is 0.262 e. The number of ether oxygens (including phenoxy) is 3. The van der Waals surface area contributed by atoms with Crippen molar-refractivity contribution in [2.24, 2.45) is 0 Å². The van der Waals surface area contributed by atoms with Gasteiger partial charge in [0.2, 0.25) is 0 Å². The van der Waals surface area contributed by atoms with Gasteiger partial charge in [-0.1, -0.05) is 0 Å². The summed E-state index contributed by atoms with van der Waals surface area (Å²) >= 11 is 3.75. The smallest absolute Gasteiger partial charge is 0.262 e. The Morgan fingerprint density at radius 3 is 2.54 bits per heavy atom. The number of thioether (sulfide) groups is 1. The highest BCUT2D eigenvalue weighted by atomic mass is 127. The number of hydrogen-bond donors (Lipinski definition) is 1. The molecule has 0 bridgehead atoms. The number of nitrogens with one attached hydrogen (secondary N) is 1. The molecule has 1 amide bonds. The van der Waals surface area contributed by atoms with Gasteiger partial charge in [-0.25, -0.2) is 0 Å². The van der Waals surface area contributed by atoms with Crippen LogP contribution < -0.4 is 19.5 Å². The Bertz CT molecular complexity index is 736. The molecule has 1 heterocycles. The van der Waals surface area contributed by atoms with Crippen LogP contribution in [0.4, 0.5) is 5.69 Å². The third kappa shape index (κ3) is 4.27. The van der Waals surface area contributed by atoms with Gasteiger partial charge in [0.15, 0.2) is 18.1 Å². The Kier molecular flexibility index (Phi) is 5.72. The predicted octanol–water partition coefficient (Wildman–Crippen LogP) is 3.80. The molecular weight excluding hydrogens is 441 g/mol. The van der Waals surface area contributed by atoms with E-state index in [2.05, 4.69) is 27.9 Å². The summed E-state index contributed by atoms with van der Waals surface area (Å²) in [6, 6.07) is 11.2. The summed E-state index contributed by atoms with van der Waals surface area (Å²) in [5, 5.41) is 2.87. The van der Waals surface area contributed by atoms with Crippen LogP contribution in [0.25, 0.3) is 0 Å². The lowest BCUT2D eigenvalue weighted by Crippen LogP contribution is -2.21. The van der Waals surface area contributed by atoms with Crippen molar-refractivity contribution in [3.05, 3.63) is 40.0 Å². The predicted molar refractivity (Wildman–Crippen MR) is 102 cm³/mol. The molecule has 5 nitrogen and oxygen atoms in total. The molecule has 2 aromatic carbocycles. The molecule has 126 valence electrons. The third-order valence-electron chi connectivity index (χ3n) is 3.32. The van der Waals surface area contributed by atoms with Crippen LogP contribution in [0.3, 0.4) is 0 Å². The van der Waals surface area contributed by atoms with E-state index in [9.17, 15) is 4.79 Å². The second kappa shape index (κ2) is 7.98. The second-order valence-corrected chi connectivity index (χ2v) is 7.08. The molecule has 7 heteroatoms. The van der Waals surface area contributed by atoms with Crippen LogP contribution in [0.1, 0.15) is 0 Å². The lowest BCUT2D eigenvalue weighted by Gasteiger charge is -2.21. The van der Waals surface area contributed by atoms with Gasteiger partial charge in [-0.05, 0) is 59.2 Å². The molecule has 0 saturated heterocycles. The normalized spacial score (nSPS) is 12.6. The summed E-state index contributed by atoms with van der Waals surface area (Å²) in [7, 11) is 0. The van der Waals surface area contributed by atoms with Gasteiger partial charge in [-0.15, -0.1) is 11.8 Å². The van der Waals surface area contributed by atoms with Gasteiger partial charge in [-0.3, -0.25) is 4.79 Å². The minimum atomic E-state index is -0.222. The van der Waals surface area contributed by atoms with Crippen molar-refractivity contribution in [1.82, 2.24) is 0 Å². The molecule has 24 heavy (non-hydrogen) atoms. The molecular formula is C17H16INO4S. The Hall–Kier alpha value is -1.61. The molecule has 0 unspecified atom stereocenters. The van der Waals surface area contributed by atoms with Crippen LogP contribution in [0.15, 0.2) is 41.3 Å². The highest BCUT2D eigenvalue weighted by molar-refractivity contribution is 14.1. The van der Waals surface area contributed by atoms with Gasteiger partial charge in [0.1, 0.15) is 19.0 Å². The Morgan fingerprint density at radius 2 is 1.88 bits per heavy atom. The number of rotatable bonds is 5. The van der Waals surface area contributed by atoms with Crippen LogP contribution in [-0.4, -0.2) is 32.0 Å². The maximum atomic E-state index is 12.2. The highest BCUT2D eigenvalue weighted by Gasteiger charge is 2.17. The van der Waals surface area contributed by atoms with E-state index < -0.39 is 0 Å². The van der Waals surface area contributed by atoms with Crippen molar-refractivity contribution in [2.75, 3.05) is 31.4 Å². The van der Waals surface area contributed by atoms with Gasteiger partial charge in [0, 0.05) is 14.5 Å². The van der Waals surface area contributed by atoms with Gasteiger partial charge < -0.3 is 19.5 Å². The molecule has 1 aliphatic heterocycles. The maximum absolute atomic E-state index is 12.2. The van der Waals surface area contributed by atoms with Crippen molar-refractivity contribution in [2.45, 2.75) is 4.90 Å². The van der Waals surface area contributed by atoms with Crippen molar-refractivity contribution in [3.8, 4) is 17.2 Å². The zero-order valence-electron chi connectivity index (χ0n) is 13.0. The van der Waals surface area contributed by atoms with E-state index in [1.807, 2.05) is 36.6 Å². The zero-order valence-corrected chi connectivity index (χ0v) is 16.0. The van der Waals surface area contributed by atoms with Gasteiger partial charge in [0.25, 0.3) is 5.91 Å². The molecule has 2 aromatic rings. The number of amides is 1. The zero-order chi connectivity index (χ0) is 16.9. The molecule has 0 aromatic heterocycles. The Labute approximate surface area is 158 Å². The van der Waals surface area contributed by atoms with Crippen LogP contribution in [0.2, 0.25) is 0 Å². The molecule has 3 rings (SSSR count). The Morgan fingerprint density at radius 1 is 1.21 bits per heavy atom. The van der Waals surface area contributed by atoms with Crippen LogP contribution in [-0.2, 0) is 4.79 Å².